The number of ether oxygens (including phenoxy) is 5. The maximum atomic E-state index is 12.8. The highest BCUT2D eigenvalue weighted by molar-refractivity contribution is 6.74. The number of methoxy groups -OCH3 is 3. The molecule has 7 atom stereocenters. The van der Waals surface area contributed by atoms with Crippen molar-refractivity contribution in [2.45, 2.75) is 160 Å². The second-order valence-electron chi connectivity index (χ2n) is 20.4. The summed E-state index contributed by atoms with van der Waals surface area (Å²) in [6.07, 6.45) is -2.15. The molecule has 1 N–H and O–H groups in total. The van der Waals surface area contributed by atoms with Crippen LogP contribution in [0.3, 0.4) is 0 Å². The Morgan fingerprint density at radius 1 is 0.716 bits per heavy atom. The number of β-lactam (4-membered cyclic amide) rings is 2. The first-order chi connectivity index (χ1) is 33.5. The summed E-state index contributed by atoms with van der Waals surface area (Å²) >= 11 is 0. The lowest BCUT2D eigenvalue weighted by Gasteiger charge is -2.57. The zero-order valence-electron chi connectivity index (χ0n) is 43.1. The first-order valence-electron chi connectivity index (χ1n) is 22.9. The summed E-state index contributed by atoms with van der Waals surface area (Å²) in [7, 11) is -1.60. The number of hydroxylamine groups is 4. The van der Waals surface area contributed by atoms with E-state index in [2.05, 4.69) is 35.1 Å². The number of ketones is 1. The van der Waals surface area contributed by atoms with Crippen LogP contribution in [0, 0.1) is 17.9 Å². The summed E-state index contributed by atoms with van der Waals surface area (Å²) in [6.45, 7) is 26.4. The molecule has 2 heterocycles. The molecule has 3 amide bonds. The molecule has 20 nitrogen and oxygen atoms in total. The van der Waals surface area contributed by atoms with E-state index in [-0.39, 0.29) is 68.6 Å². The summed E-state index contributed by atoms with van der Waals surface area (Å²) in [4.78, 5) is 86.0. The number of carbonyl (C=O) groups excluding carboxylic acids is 6. The van der Waals surface area contributed by atoms with Gasteiger partial charge in [0.15, 0.2) is 28.5 Å². The fraction of sp³-hybridized carbons (Fsp3) is 0.538. The number of carbonyl (C=O) groups is 6. The number of nitriles is 1. The number of nitrogens with zero attached hydrogens (tertiary/aromatic N) is 4. The summed E-state index contributed by atoms with van der Waals surface area (Å²) in [5.74, 6) is -0.862. The van der Waals surface area contributed by atoms with Crippen molar-refractivity contribution in [3.05, 3.63) is 108 Å². The molecule has 2 aromatic rings. The van der Waals surface area contributed by atoms with Crippen LogP contribution in [0.15, 0.2) is 85.0 Å². The highest BCUT2D eigenvalue weighted by atomic mass is 28.4. The third-order valence-corrected chi connectivity index (χ3v) is 22.5. The van der Waals surface area contributed by atoms with Crippen LogP contribution in [-0.2, 0) is 69.8 Å². The van der Waals surface area contributed by atoms with E-state index in [0.717, 1.165) is 30.4 Å². The van der Waals surface area contributed by atoms with E-state index < -0.39 is 76.1 Å². The van der Waals surface area contributed by atoms with Crippen molar-refractivity contribution in [2.24, 2.45) is 0 Å². The molecule has 2 fully saturated rings. The van der Waals surface area contributed by atoms with Gasteiger partial charge in [-0.3, -0.25) is 28.9 Å². The Balaban J connectivity index is 0.000000459. The molecule has 0 unspecified atom stereocenters. The highest BCUT2D eigenvalue weighted by Crippen LogP contribution is 2.50. The number of aliphatic hydroxyl groups excluding tert-OH is 1. The minimum atomic E-state index is -2.72. The normalized spacial score (nSPS) is 24.8. The van der Waals surface area contributed by atoms with E-state index in [1.165, 1.54) is 30.4 Å². The van der Waals surface area contributed by atoms with E-state index in [4.69, 9.17) is 39.3 Å². The zero-order chi connectivity index (χ0) is 54.1. The topological polar surface area (TPSA) is 240 Å². The summed E-state index contributed by atoms with van der Waals surface area (Å²) in [5, 5.41) is 23.3. The number of hydrogen-bond acceptors (Lipinski definition) is 17. The van der Waals surface area contributed by atoms with Gasteiger partial charge in [0.25, 0.3) is 0 Å². The second-order valence-corrected chi connectivity index (χ2v) is 29.9. The van der Waals surface area contributed by atoms with Gasteiger partial charge in [0.05, 0.1) is 34.2 Å². The predicted molar refractivity (Wildman–Crippen MR) is 276 cm³/mol. The number of amides is 3. The first kappa shape index (κ1) is 63.9. The maximum Gasteiger partial charge on any atom is 0.561 e. The van der Waals surface area contributed by atoms with Crippen molar-refractivity contribution in [2.75, 3.05) is 21.3 Å². The van der Waals surface area contributed by atoms with Crippen molar-refractivity contribution >= 4 is 52.6 Å². The average Bonchev–Trinajstić information content (AvgIpc) is 3.32. The van der Waals surface area contributed by atoms with Gasteiger partial charge in [0.1, 0.15) is 55.2 Å². The van der Waals surface area contributed by atoms with Gasteiger partial charge in [-0.2, -0.15) is 10.1 Å². The fourth-order valence-electron chi connectivity index (χ4n) is 7.36. The molecule has 2 spiro atoms. The van der Waals surface area contributed by atoms with Gasteiger partial charge in [-0.15, -0.1) is 0 Å². The smallest absolute Gasteiger partial charge is 0.488 e. The number of benzene rings is 2. The molecule has 0 bridgehead atoms. The van der Waals surface area contributed by atoms with Gasteiger partial charge in [-0.25, -0.2) is 19.7 Å². The molecule has 2 aromatic carbocycles. The Hall–Kier alpha value is -6.25. The van der Waals surface area contributed by atoms with Gasteiger partial charge < -0.3 is 37.6 Å². The predicted octanol–water partition coefficient (Wildman–Crippen LogP) is 9.17. The second kappa shape index (κ2) is 25.3. The van der Waals surface area contributed by atoms with Gasteiger partial charge in [-0.05, 0) is 65.6 Å². The van der Waals surface area contributed by atoms with E-state index in [1.54, 1.807) is 6.08 Å². The fourth-order valence-corrected chi connectivity index (χ4v) is 9.88. The Bertz CT molecular complexity index is 2450. The van der Waals surface area contributed by atoms with E-state index in [0.29, 0.717) is 0 Å². The van der Waals surface area contributed by atoms with Crippen molar-refractivity contribution in [1.29, 1.82) is 5.26 Å². The molecule has 0 aromatic heterocycles. The lowest BCUT2D eigenvalue weighted by Crippen LogP contribution is -2.76. The Labute approximate surface area is 437 Å². The van der Waals surface area contributed by atoms with Gasteiger partial charge in [0, 0.05) is 0 Å². The quantitative estimate of drug-likeness (QED) is 0.0520. The molecule has 74 heavy (non-hydrogen) atoms. The van der Waals surface area contributed by atoms with E-state index >= 15 is 0 Å². The molecule has 6 rings (SSSR count). The zero-order valence-corrected chi connectivity index (χ0v) is 45.1. The summed E-state index contributed by atoms with van der Waals surface area (Å²) < 4.78 is 37.4. The van der Waals surface area contributed by atoms with Crippen LogP contribution >= 0.6 is 0 Å². The molecule has 0 saturated carbocycles. The van der Waals surface area contributed by atoms with E-state index in [1.807, 2.05) is 114 Å². The Kier molecular flexibility index (Phi) is 21.9. The van der Waals surface area contributed by atoms with Crippen LogP contribution in [0.2, 0.25) is 36.3 Å². The summed E-state index contributed by atoms with van der Waals surface area (Å²) in [6, 6.07) is 20.7. The van der Waals surface area contributed by atoms with Gasteiger partial charge in [0.2, 0.25) is 17.4 Å². The van der Waals surface area contributed by atoms with Crippen LogP contribution in [-0.4, -0.2) is 130 Å². The lowest BCUT2D eigenvalue weighted by atomic mass is 9.70. The Morgan fingerprint density at radius 2 is 1.18 bits per heavy atom. The largest absolute Gasteiger partial charge is 0.561 e. The van der Waals surface area contributed by atoms with Gasteiger partial charge >= 0.3 is 18.4 Å². The first-order valence-corrected chi connectivity index (χ1v) is 28.7. The molecule has 22 heteroatoms. The molecular weight excluding hydrogens is 993 g/mol. The molecule has 0 radical (unpaired) electrons. The SMILES string of the molecule is C.C.CC(C)(C)[Si](C)(C)O[C@@H]1C(=O)C=C[C@]2(CC(=O)N2OCc2ccccc2)[C@@H]1O.COC(=O)O[C@@H]1[C@H](O[Si](C)(C)C(C)(C)C)[C@](C#N)(OC(=O)OC)C=C[C@]12CC(=O)N2OCc1ccccc1.[C-]#[N+]C(=O)OC. The van der Waals surface area contributed by atoms with Crippen molar-refractivity contribution in [3.8, 4) is 6.07 Å². The van der Waals surface area contributed by atoms with Crippen LogP contribution in [0.5, 0.6) is 0 Å². The third-order valence-electron chi connectivity index (χ3n) is 13.6. The lowest BCUT2D eigenvalue weighted by molar-refractivity contribution is -0.282. The van der Waals surface area contributed by atoms with Crippen molar-refractivity contribution in [1.82, 2.24) is 10.1 Å². The Morgan fingerprint density at radius 3 is 1.58 bits per heavy atom. The molecular formula is C52H74N4O16Si2. The van der Waals surface area contributed by atoms with Gasteiger partial charge in [-0.1, -0.05) is 123 Å². The van der Waals surface area contributed by atoms with Crippen molar-refractivity contribution in [3.63, 3.8) is 0 Å². The number of rotatable bonds is 12. The monoisotopic (exact) mass is 1070 g/mol. The molecule has 2 saturated heterocycles. The van der Waals surface area contributed by atoms with E-state index in [9.17, 15) is 39.1 Å². The minimum Gasteiger partial charge on any atom is -0.488 e. The standard InChI is InChI=1S/C26H34N2O9Si.C21H29NO5Si.C3H3NO2.2CH4/c1-24(2,3)38(6,7)37-21-20(35-22(30)32-4)25(13-14-26(21,17-27)36-23(31)33-5)15-19(29)28(25)34-16-18-11-9-8-10-12-18;1-20(2,3)28(4,5)27-18-16(23)11-12-21(19(18)25)13-17(24)22(21)26-14-15-9-7-6-8-10-15;1-4-3(5)6-2;;/h8-14,20-21H,15-16H2,1-7H3;6-12,18-19,25H,13-14H2,1-5H3;2H3;2*1H4/t20-,21+,25+,26+;18-,19-,21+;;;/m11.../s1. The molecule has 406 valence electrons. The van der Waals surface area contributed by atoms with Crippen LogP contribution in [0.4, 0.5) is 14.4 Å². The minimum absolute atomic E-state index is 0. The number of hydrogen-bond donors (Lipinski definition) is 1. The highest BCUT2D eigenvalue weighted by Gasteiger charge is 2.68. The maximum absolute atomic E-state index is 12.8. The molecule has 4 aliphatic rings. The van der Waals surface area contributed by atoms with Crippen LogP contribution in [0.1, 0.15) is 80.4 Å². The van der Waals surface area contributed by atoms with Crippen LogP contribution < -0.4 is 0 Å². The number of aliphatic hydroxyl groups is 1. The van der Waals surface area contributed by atoms with Crippen molar-refractivity contribution < 1.29 is 76.1 Å². The summed E-state index contributed by atoms with van der Waals surface area (Å²) in [5.41, 5.74) is -2.74. The third kappa shape index (κ3) is 13.9. The molecule has 2 aliphatic heterocycles. The average molecular weight is 1070 g/mol. The van der Waals surface area contributed by atoms with Crippen LogP contribution in [0.25, 0.3) is 4.85 Å². The molecule has 2 aliphatic carbocycles.